The fourth-order valence-corrected chi connectivity index (χ4v) is 5.44. The van der Waals surface area contributed by atoms with E-state index in [-0.39, 0.29) is 11.8 Å². The van der Waals surface area contributed by atoms with Gasteiger partial charge >= 0.3 is 0 Å². The molecule has 1 aliphatic heterocycles. The lowest BCUT2D eigenvalue weighted by atomic mass is 9.65. The predicted molar refractivity (Wildman–Crippen MR) is 110 cm³/mol. The summed E-state index contributed by atoms with van der Waals surface area (Å²) >= 11 is 0. The molecule has 28 heavy (non-hydrogen) atoms. The molecule has 0 spiro atoms. The Balaban J connectivity index is 1.32. The zero-order chi connectivity index (χ0) is 19.7. The lowest BCUT2D eigenvalue weighted by molar-refractivity contribution is -0.140. The second-order valence-electron chi connectivity index (χ2n) is 8.86. The summed E-state index contributed by atoms with van der Waals surface area (Å²) in [5, 5.41) is 0. The van der Waals surface area contributed by atoms with Gasteiger partial charge in [0.25, 0.3) is 5.91 Å². The Bertz CT molecular complexity index is 695. The van der Waals surface area contributed by atoms with Gasteiger partial charge in [-0.15, -0.1) is 0 Å². The van der Waals surface area contributed by atoms with Gasteiger partial charge < -0.3 is 15.5 Å². The van der Waals surface area contributed by atoms with Gasteiger partial charge in [-0.25, -0.2) is 0 Å². The van der Waals surface area contributed by atoms with E-state index in [0.717, 1.165) is 24.8 Å². The van der Waals surface area contributed by atoms with E-state index < -0.39 is 0 Å². The molecular weight excluding hydrogens is 350 g/mol. The van der Waals surface area contributed by atoms with Crippen molar-refractivity contribution in [2.45, 2.75) is 51.5 Å². The summed E-state index contributed by atoms with van der Waals surface area (Å²) in [7, 11) is 0. The molecule has 5 heteroatoms. The van der Waals surface area contributed by atoms with E-state index in [1.165, 1.54) is 24.8 Å². The van der Waals surface area contributed by atoms with E-state index in [1.54, 1.807) is 0 Å². The maximum atomic E-state index is 13.1. The number of hydrogen-bond acceptors (Lipinski definition) is 3. The van der Waals surface area contributed by atoms with Crippen molar-refractivity contribution in [3.8, 4) is 0 Å². The minimum absolute atomic E-state index is 0.0768. The molecule has 152 valence electrons. The molecule has 4 rings (SSSR count). The minimum atomic E-state index is 0.0768. The Morgan fingerprint density at radius 1 is 0.964 bits per heavy atom. The molecule has 1 heterocycles. The summed E-state index contributed by atoms with van der Waals surface area (Å²) < 4.78 is 0. The first-order valence-electron chi connectivity index (χ1n) is 11.0. The van der Waals surface area contributed by atoms with Gasteiger partial charge in [0.1, 0.15) is 0 Å². The molecule has 2 unspecified atom stereocenters. The van der Waals surface area contributed by atoms with E-state index in [2.05, 4.69) is 6.92 Å². The zero-order valence-electron chi connectivity index (χ0n) is 17.0. The Morgan fingerprint density at radius 2 is 1.54 bits per heavy atom. The number of fused-ring (bicyclic) bond motifs is 2. The summed E-state index contributed by atoms with van der Waals surface area (Å²) in [6, 6.07) is 8.19. The van der Waals surface area contributed by atoms with Crippen LogP contribution in [0.4, 0.5) is 0 Å². The SMILES string of the molecule is CCc1ccc(C(=O)N2CCN(C(=O)C3CC4CCCC(C3)C4N)CC2)cc1. The molecule has 5 nitrogen and oxygen atoms in total. The third kappa shape index (κ3) is 3.82. The molecule has 2 amide bonds. The largest absolute Gasteiger partial charge is 0.339 e. The monoisotopic (exact) mass is 383 g/mol. The molecule has 2 N–H and O–H groups in total. The summed E-state index contributed by atoms with van der Waals surface area (Å²) in [5.74, 6) is 1.56. The first-order chi connectivity index (χ1) is 13.6. The Morgan fingerprint density at radius 3 is 2.11 bits per heavy atom. The van der Waals surface area contributed by atoms with Crippen LogP contribution in [-0.4, -0.2) is 53.8 Å². The number of nitrogens with two attached hydrogens (primary N) is 1. The smallest absolute Gasteiger partial charge is 0.253 e. The number of piperazine rings is 1. The van der Waals surface area contributed by atoms with Crippen LogP contribution in [0.1, 0.15) is 54.9 Å². The number of benzene rings is 1. The molecule has 3 fully saturated rings. The molecule has 2 atom stereocenters. The van der Waals surface area contributed by atoms with Crippen LogP contribution in [0.25, 0.3) is 0 Å². The molecule has 1 aromatic carbocycles. The van der Waals surface area contributed by atoms with Crippen molar-refractivity contribution in [1.82, 2.24) is 9.80 Å². The van der Waals surface area contributed by atoms with Gasteiger partial charge in [0.05, 0.1) is 0 Å². The van der Waals surface area contributed by atoms with Crippen molar-refractivity contribution in [3.63, 3.8) is 0 Å². The fraction of sp³-hybridized carbons (Fsp3) is 0.652. The Kier molecular flexibility index (Phi) is 5.72. The van der Waals surface area contributed by atoms with Crippen molar-refractivity contribution in [2.24, 2.45) is 23.5 Å². The number of aryl methyl sites for hydroxylation is 1. The number of rotatable bonds is 3. The number of hydrogen-bond donors (Lipinski definition) is 1. The molecule has 1 aromatic rings. The molecule has 2 saturated carbocycles. The van der Waals surface area contributed by atoms with Crippen LogP contribution < -0.4 is 5.73 Å². The van der Waals surface area contributed by atoms with E-state index in [4.69, 9.17) is 5.73 Å². The molecule has 2 aliphatic carbocycles. The van der Waals surface area contributed by atoms with Gasteiger partial charge in [-0.1, -0.05) is 25.5 Å². The van der Waals surface area contributed by atoms with Gasteiger partial charge in [-0.3, -0.25) is 9.59 Å². The summed E-state index contributed by atoms with van der Waals surface area (Å²) in [6.45, 7) is 4.66. The first-order valence-corrected chi connectivity index (χ1v) is 11.0. The van der Waals surface area contributed by atoms with Crippen LogP contribution >= 0.6 is 0 Å². The van der Waals surface area contributed by atoms with Crippen molar-refractivity contribution in [3.05, 3.63) is 35.4 Å². The first kappa shape index (κ1) is 19.4. The quantitative estimate of drug-likeness (QED) is 0.873. The van der Waals surface area contributed by atoms with Crippen LogP contribution in [0, 0.1) is 17.8 Å². The molecule has 0 aromatic heterocycles. The summed E-state index contributed by atoms with van der Waals surface area (Å²) in [5.41, 5.74) is 8.36. The maximum Gasteiger partial charge on any atom is 0.253 e. The summed E-state index contributed by atoms with van der Waals surface area (Å²) in [6.07, 6.45) is 6.52. The predicted octanol–water partition coefficient (Wildman–Crippen LogP) is 2.69. The minimum Gasteiger partial charge on any atom is -0.339 e. The van der Waals surface area contributed by atoms with Gasteiger partial charge in [0, 0.05) is 43.7 Å². The number of carbonyl (C=O) groups excluding carboxylic acids is 2. The highest BCUT2D eigenvalue weighted by Crippen LogP contribution is 2.42. The molecule has 3 aliphatic rings. The van der Waals surface area contributed by atoms with Gasteiger partial charge in [-0.05, 0) is 61.6 Å². The number of nitrogens with zero attached hydrogens (tertiary/aromatic N) is 2. The Hall–Kier alpha value is -1.88. The second-order valence-corrected chi connectivity index (χ2v) is 8.86. The molecule has 2 bridgehead atoms. The number of carbonyl (C=O) groups is 2. The van der Waals surface area contributed by atoms with Crippen LogP contribution in [0.3, 0.4) is 0 Å². The van der Waals surface area contributed by atoms with Gasteiger partial charge in [-0.2, -0.15) is 0 Å². The van der Waals surface area contributed by atoms with Crippen molar-refractivity contribution >= 4 is 11.8 Å². The van der Waals surface area contributed by atoms with Crippen LogP contribution in [0.15, 0.2) is 24.3 Å². The molecule has 0 radical (unpaired) electrons. The van der Waals surface area contributed by atoms with Gasteiger partial charge in [0.15, 0.2) is 0 Å². The second kappa shape index (κ2) is 8.24. The fourth-order valence-electron chi connectivity index (χ4n) is 5.44. The molecule has 1 saturated heterocycles. The highest BCUT2D eigenvalue weighted by atomic mass is 16.2. The lowest BCUT2D eigenvalue weighted by Gasteiger charge is -2.45. The summed E-state index contributed by atoms with van der Waals surface area (Å²) in [4.78, 5) is 29.7. The highest BCUT2D eigenvalue weighted by molar-refractivity contribution is 5.94. The van der Waals surface area contributed by atoms with Crippen LogP contribution in [-0.2, 0) is 11.2 Å². The Labute approximate surface area is 168 Å². The van der Waals surface area contributed by atoms with E-state index in [1.807, 2.05) is 34.1 Å². The van der Waals surface area contributed by atoms with E-state index in [9.17, 15) is 9.59 Å². The third-order valence-corrected chi connectivity index (χ3v) is 7.25. The maximum absolute atomic E-state index is 13.1. The third-order valence-electron chi connectivity index (χ3n) is 7.25. The average molecular weight is 384 g/mol. The van der Waals surface area contributed by atoms with Crippen LogP contribution in [0.2, 0.25) is 0 Å². The average Bonchev–Trinajstić information content (AvgIpc) is 2.73. The van der Waals surface area contributed by atoms with Gasteiger partial charge in [0.2, 0.25) is 5.91 Å². The van der Waals surface area contributed by atoms with Crippen LogP contribution in [0.5, 0.6) is 0 Å². The standard InChI is InChI=1S/C23H33N3O2/c1-2-16-6-8-17(9-7-16)22(27)25-10-12-26(13-11-25)23(28)20-14-18-4-3-5-19(15-20)21(18)24/h6-9,18-21H,2-5,10-15,24H2,1H3. The van der Waals surface area contributed by atoms with Crippen molar-refractivity contribution < 1.29 is 9.59 Å². The van der Waals surface area contributed by atoms with Crippen molar-refractivity contribution in [1.29, 1.82) is 0 Å². The topological polar surface area (TPSA) is 66.6 Å². The lowest BCUT2D eigenvalue weighted by Crippen LogP contribution is -2.54. The number of amides is 2. The normalized spacial score (nSPS) is 30.2. The van der Waals surface area contributed by atoms with E-state index >= 15 is 0 Å². The zero-order valence-corrected chi connectivity index (χ0v) is 17.0. The van der Waals surface area contributed by atoms with Crippen molar-refractivity contribution in [2.75, 3.05) is 26.2 Å². The molecular formula is C23H33N3O2. The highest BCUT2D eigenvalue weighted by Gasteiger charge is 2.42. The van der Waals surface area contributed by atoms with E-state index in [0.29, 0.717) is 50.0 Å².